The van der Waals surface area contributed by atoms with Crippen molar-refractivity contribution in [2.45, 2.75) is 125 Å². The molecule has 0 aliphatic heterocycles. The van der Waals surface area contributed by atoms with Gasteiger partial charge in [-0.25, -0.2) is 0 Å². The lowest BCUT2D eigenvalue weighted by atomic mass is 9.50. The molecule has 0 aliphatic rings. The van der Waals surface area contributed by atoms with Crippen LogP contribution < -0.4 is 0 Å². The van der Waals surface area contributed by atoms with Crippen LogP contribution in [0.5, 0.6) is 0 Å². The predicted octanol–water partition coefficient (Wildman–Crippen LogP) is 6.61. The number of hydrogen-bond acceptors (Lipinski definition) is 5. The molecule has 0 aliphatic carbocycles. The summed E-state index contributed by atoms with van der Waals surface area (Å²) in [4.78, 5) is 29.3. The van der Waals surface area contributed by atoms with Crippen LogP contribution >= 0.6 is 15.9 Å². The molecule has 0 saturated carbocycles. The molecule has 0 saturated heterocycles. The monoisotopic (exact) mass is 519 g/mol. The van der Waals surface area contributed by atoms with Gasteiger partial charge in [0, 0.05) is 23.0 Å². The first kappa shape index (κ1) is 31.4. The fraction of sp³-hybridized carbons (Fsp3) is 0.923. The lowest BCUT2D eigenvalue weighted by Crippen LogP contribution is -2.61. The van der Waals surface area contributed by atoms with E-state index in [2.05, 4.69) is 48.5 Å². The van der Waals surface area contributed by atoms with Gasteiger partial charge in [-0.3, -0.25) is 14.5 Å². The summed E-state index contributed by atoms with van der Waals surface area (Å²) < 4.78 is 11.1. The van der Waals surface area contributed by atoms with Crippen molar-refractivity contribution in [3.05, 3.63) is 0 Å². The molecule has 0 rings (SSSR count). The van der Waals surface area contributed by atoms with E-state index < -0.39 is 26.2 Å². The molecule has 0 aromatic carbocycles. The van der Waals surface area contributed by atoms with Crippen LogP contribution in [0.15, 0.2) is 0 Å². The maximum Gasteiger partial charge on any atom is 0.313 e. The summed E-state index contributed by atoms with van der Waals surface area (Å²) in [7, 11) is 0. The van der Waals surface area contributed by atoms with Gasteiger partial charge in [0.1, 0.15) is 12.2 Å². The summed E-state index contributed by atoms with van der Waals surface area (Å²) in [6, 6.07) is 0.722. The first-order valence-corrected chi connectivity index (χ1v) is 12.7. The Hall–Kier alpha value is -0.620. The Morgan fingerprint density at radius 1 is 0.844 bits per heavy atom. The van der Waals surface area contributed by atoms with Gasteiger partial charge in [0.25, 0.3) is 0 Å². The van der Waals surface area contributed by atoms with Crippen LogP contribution in [0.3, 0.4) is 0 Å². The van der Waals surface area contributed by atoms with E-state index in [9.17, 15) is 9.59 Å². The van der Waals surface area contributed by atoms with Crippen molar-refractivity contribution in [1.29, 1.82) is 0 Å². The topological polar surface area (TPSA) is 55.8 Å². The standard InChI is InChI=1S/C26H50BrNO4/c1-15-22(6,7)32-20(29)23(8,9)24(10,11)26(14,25(12,13)27)21(30)31-17-16-28(18(2)3)19(4)5/h18-19H,15-17H2,1-14H3. The number of ether oxygens (including phenoxy) is 2. The predicted molar refractivity (Wildman–Crippen MR) is 137 cm³/mol. The minimum Gasteiger partial charge on any atom is -0.464 e. The van der Waals surface area contributed by atoms with Gasteiger partial charge in [0.2, 0.25) is 0 Å². The molecule has 0 spiro atoms. The van der Waals surface area contributed by atoms with Gasteiger partial charge in [-0.1, -0.05) is 36.7 Å². The Balaban J connectivity index is 6.00. The number of carbonyl (C=O) groups is 2. The van der Waals surface area contributed by atoms with Crippen LogP contribution in [0.2, 0.25) is 0 Å². The summed E-state index contributed by atoms with van der Waals surface area (Å²) >= 11 is 3.76. The molecule has 0 radical (unpaired) electrons. The summed E-state index contributed by atoms with van der Waals surface area (Å²) in [5.41, 5.74) is -3.32. The van der Waals surface area contributed by atoms with Gasteiger partial charge in [-0.05, 0) is 88.0 Å². The quantitative estimate of drug-likeness (QED) is 0.214. The lowest BCUT2D eigenvalue weighted by Gasteiger charge is -2.55. The van der Waals surface area contributed by atoms with Crippen molar-refractivity contribution in [3.63, 3.8) is 0 Å². The molecule has 0 aromatic heterocycles. The molecule has 6 heteroatoms. The molecule has 5 nitrogen and oxygen atoms in total. The van der Waals surface area contributed by atoms with Crippen molar-refractivity contribution in [3.8, 4) is 0 Å². The molecule has 0 N–H and O–H groups in total. The lowest BCUT2D eigenvalue weighted by molar-refractivity contribution is -0.191. The maximum atomic E-state index is 13.7. The molecule has 0 aromatic rings. The van der Waals surface area contributed by atoms with Crippen molar-refractivity contribution in [2.75, 3.05) is 13.2 Å². The Kier molecular flexibility index (Phi) is 10.5. The molecular formula is C26H50BrNO4. The third kappa shape index (κ3) is 6.49. The zero-order chi connectivity index (χ0) is 25.9. The van der Waals surface area contributed by atoms with Crippen LogP contribution in [0.25, 0.3) is 0 Å². The maximum absolute atomic E-state index is 13.7. The zero-order valence-corrected chi connectivity index (χ0v) is 24.8. The highest BCUT2D eigenvalue weighted by Crippen LogP contribution is 2.59. The number of carbonyl (C=O) groups excluding carboxylic acids is 2. The molecule has 1 atom stereocenters. The van der Waals surface area contributed by atoms with E-state index >= 15 is 0 Å². The highest BCUT2D eigenvalue weighted by molar-refractivity contribution is 9.10. The van der Waals surface area contributed by atoms with Gasteiger partial charge >= 0.3 is 11.9 Å². The number of alkyl halides is 1. The molecule has 1 unspecified atom stereocenters. The fourth-order valence-electron chi connectivity index (χ4n) is 4.07. The average molecular weight is 521 g/mol. The van der Waals surface area contributed by atoms with Crippen LogP contribution in [0.4, 0.5) is 0 Å². The second kappa shape index (κ2) is 10.8. The number of nitrogens with zero attached hydrogens (tertiary/aromatic N) is 1. The fourth-order valence-corrected chi connectivity index (χ4v) is 4.73. The van der Waals surface area contributed by atoms with E-state index in [0.29, 0.717) is 31.7 Å². The smallest absolute Gasteiger partial charge is 0.313 e. The number of esters is 2. The third-order valence-corrected chi connectivity index (χ3v) is 8.84. The molecule has 190 valence electrons. The summed E-state index contributed by atoms with van der Waals surface area (Å²) in [6.07, 6.45) is 0.709. The first-order valence-electron chi connectivity index (χ1n) is 12.0. The normalized spacial score (nSPS) is 15.8. The number of rotatable bonds is 12. The Labute approximate surface area is 206 Å². The highest BCUT2D eigenvalue weighted by atomic mass is 79.9. The molecule has 32 heavy (non-hydrogen) atoms. The van der Waals surface area contributed by atoms with E-state index in [4.69, 9.17) is 9.47 Å². The highest BCUT2D eigenvalue weighted by Gasteiger charge is 2.64. The Morgan fingerprint density at radius 2 is 1.28 bits per heavy atom. The van der Waals surface area contributed by atoms with Gasteiger partial charge in [-0.2, -0.15) is 0 Å². The Bertz CT molecular complexity index is 639. The summed E-state index contributed by atoms with van der Waals surface area (Å²) in [6.45, 7) is 28.8. The average Bonchev–Trinajstić information content (AvgIpc) is 2.61. The molecular weight excluding hydrogens is 470 g/mol. The third-order valence-electron chi connectivity index (χ3n) is 8.05. The number of halogens is 1. The van der Waals surface area contributed by atoms with Gasteiger partial charge in [0.15, 0.2) is 0 Å². The van der Waals surface area contributed by atoms with E-state index in [1.807, 2.05) is 69.2 Å². The van der Waals surface area contributed by atoms with Gasteiger partial charge in [-0.15, -0.1) is 0 Å². The van der Waals surface area contributed by atoms with Crippen LogP contribution in [0, 0.1) is 16.2 Å². The second-order valence-electron chi connectivity index (χ2n) is 11.9. The van der Waals surface area contributed by atoms with Crippen molar-refractivity contribution in [2.24, 2.45) is 16.2 Å². The van der Waals surface area contributed by atoms with E-state index in [1.54, 1.807) is 0 Å². The van der Waals surface area contributed by atoms with Crippen LogP contribution in [-0.4, -0.2) is 52.0 Å². The molecule has 0 amide bonds. The van der Waals surface area contributed by atoms with Crippen LogP contribution in [0.1, 0.15) is 103 Å². The van der Waals surface area contributed by atoms with Crippen molar-refractivity contribution in [1.82, 2.24) is 4.90 Å². The summed E-state index contributed by atoms with van der Waals surface area (Å²) in [5, 5.41) is 0. The van der Waals surface area contributed by atoms with E-state index in [-0.39, 0.29) is 11.9 Å². The number of hydrogen-bond donors (Lipinski definition) is 0. The van der Waals surface area contributed by atoms with E-state index in [1.165, 1.54) is 0 Å². The van der Waals surface area contributed by atoms with E-state index in [0.717, 1.165) is 0 Å². The van der Waals surface area contributed by atoms with Crippen molar-refractivity contribution >= 4 is 27.9 Å². The Morgan fingerprint density at radius 3 is 1.62 bits per heavy atom. The second-order valence-corrected chi connectivity index (χ2v) is 13.9. The molecule has 0 bridgehead atoms. The summed E-state index contributed by atoms with van der Waals surface area (Å²) in [5.74, 6) is -0.622. The first-order chi connectivity index (χ1) is 14.1. The van der Waals surface area contributed by atoms with Gasteiger partial charge in [0.05, 0.1) is 10.8 Å². The minimum atomic E-state index is -1.01. The molecule has 0 fully saturated rings. The molecule has 0 heterocycles. The SMILES string of the molecule is CCC(C)(C)OC(=O)C(C)(C)C(C)(C)C(C)(C(=O)OCCN(C(C)C)C(C)C)C(C)(C)Br. The minimum absolute atomic E-state index is 0.303. The largest absolute Gasteiger partial charge is 0.464 e. The van der Waals surface area contributed by atoms with Crippen molar-refractivity contribution < 1.29 is 19.1 Å². The van der Waals surface area contributed by atoms with Crippen LogP contribution in [-0.2, 0) is 19.1 Å². The van der Waals surface area contributed by atoms with Gasteiger partial charge < -0.3 is 9.47 Å². The zero-order valence-electron chi connectivity index (χ0n) is 23.2.